The lowest BCUT2D eigenvalue weighted by molar-refractivity contribution is 0.602. The van der Waals surface area contributed by atoms with Gasteiger partial charge in [0, 0.05) is 18.5 Å². The summed E-state index contributed by atoms with van der Waals surface area (Å²) >= 11 is 0. The van der Waals surface area contributed by atoms with E-state index in [4.69, 9.17) is 0 Å². The number of unbranched alkanes of at least 4 members (excludes halogenated alkanes) is 2. The first-order valence-electron chi connectivity index (χ1n) is 5.58. The van der Waals surface area contributed by atoms with E-state index in [9.17, 15) is 8.42 Å². The Bertz CT molecular complexity index is 409. The van der Waals surface area contributed by atoms with Crippen molar-refractivity contribution in [1.29, 1.82) is 0 Å². The van der Waals surface area contributed by atoms with E-state index in [2.05, 4.69) is 12.2 Å². The van der Waals surface area contributed by atoms with Gasteiger partial charge in [0.15, 0.2) is 9.84 Å². The summed E-state index contributed by atoms with van der Waals surface area (Å²) in [4.78, 5) is 0.367. The van der Waals surface area contributed by atoms with Gasteiger partial charge in [0.2, 0.25) is 0 Å². The fraction of sp³-hybridized carbons (Fsp3) is 0.500. The summed E-state index contributed by atoms with van der Waals surface area (Å²) in [5, 5.41) is 3.26. The molecule has 0 atom stereocenters. The molecule has 0 aliphatic heterocycles. The average molecular weight is 241 g/mol. The Morgan fingerprint density at radius 1 is 1.12 bits per heavy atom. The van der Waals surface area contributed by atoms with E-state index in [-0.39, 0.29) is 0 Å². The number of rotatable bonds is 6. The van der Waals surface area contributed by atoms with Crippen LogP contribution in [0.15, 0.2) is 29.2 Å². The monoisotopic (exact) mass is 241 g/mol. The van der Waals surface area contributed by atoms with E-state index in [1.807, 2.05) is 12.1 Å². The van der Waals surface area contributed by atoms with Gasteiger partial charge in [-0.25, -0.2) is 8.42 Å². The van der Waals surface area contributed by atoms with Crippen molar-refractivity contribution in [1.82, 2.24) is 0 Å². The third-order valence-corrected chi connectivity index (χ3v) is 3.52. The molecule has 90 valence electrons. The van der Waals surface area contributed by atoms with Crippen LogP contribution in [0.1, 0.15) is 26.2 Å². The van der Waals surface area contributed by atoms with Crippen LogP contribution in [0.4, 0.5) is 5.69 Å². The molecule has 0 amide bonds. The highest BCUT2D eigenvalue weighted by Gasteiger charge is 2.05. The van der Waals surface area contributed by atoms with Crippen molar-refractivity contribution in [2.24, 2.45) is 0 Å². The summed E-state index contributed by atoms with van der Waals surface area (Å²) in [7, 11) is -3.08. The van der Waals surface area contributed by atoms with Gasteiger partial charge in [0.25, 0.3) is 0 Å². The van der Waals surface area contributed by atoms with Gasteiger partial charge >= 0.3 is 0 Å². The second kappa shape index (κ2) is 5.89. The topological polar surface area (TPSA) is 46.2 Å². The Labute approximate surface area is 97.8 Å². The molecule has 4 heteroatoms. The number of nitrogens with one attached hydrogen (secondary N) is 1. The van der Waals surface area contributed by atoms with Crippen molar-refractivity contribution in [3.8, 4) is 0 Å². The van der Waals surface area contributed by atoms with Crippen molar-refractivity contribution in [2.45, 2.75) is 31.1 Å². The Hall–Kier alpha value is -1.03. The molecule has 0 bridgehead atoms. The second-order valence-corrected chi connectivity index (χ2v) is 5.95. The molecule has 1 N–H and O–H groups in total. The van der Waals surface area contributed by atoms with E-state index in [1.165, 1.54) is 19.1 Å². The van der Waals surface area contributed by atoms with Crippen molar-refractivity contribution in [3.63, 3.8) is 0 Å². The van der Waals surface area contributed by atoms with Gasteiger partial charge in [-0.1, -0.05) is 19.8 Å². The van der Waals surface area contributed by atoms with Gasteiger partial charge in [0.05, 0.1) is 4.90 Å². The van der Waals surface area contributed by atoms with Crippen LogP contribution < -0.4 is 5.32 Å². The van der Waals surface area contributed by atoms with E-state index in [0.29, 0.717) is 4.90 Å². The quantitative estimate of drug-likeness (QED) is 0.779. The summed E-state index contributed by atoms with van der Waals surface area (Å²) in [6, 6.07) is 6.89. The highest BCUT2D eigenvalue weighted by atomic mass is 32.2. The van der Waals surface area contributed by atoms with Crippen molar-refractivity contribution in [3.05, 3.63) is 24.3 Å². The number of hydrogen-bond donors (Lipinski definition) is 1. The molecule has 0 spiro atoms. The molecule has 0 fully saturated rings. The normalized spacial score (nSPS) is 11.4. The molecular formula is C12H19NO2S. The van der Waals surface area contributed by atoms with E-state index < -0.39 is 9.84 Å². The Morgan fingerprint density at radius 3 is 2.25 bits per heavy atom. The van der Waals surface area contributed by atoms with Crippen LogP contribution in [0, 0.1) is 0 Å². The zero-order chi connectivity index (χ0) is 12.0. The Balaban J connectivity index is 2.52. The first-order valence-corrected chi connectivity index (χ1v) is 7.47. The van der Waals surface area contributed by atoms with Crippen molar-refractivity contribution >= 4 is 15.5 Å². The molecule has 1 rings (SSSR count). The zero-order valence-electron chi connectivity index (χ0n) is 9.86. The number of hydrogen-bond acceptors (Lipinski definition) is 3. The number of sulfone groups is 1. The number of anilines is 1. The maximum Gasteiger partial charge on any atom is 0.175 e. The molecule has 16 heavy (non-hydrogen) atoms. The third kappa shape index (κ3) is 4.23. The molecule has 0 heterocycles. The SMILES string of the molecule is CCCCCNc1ccc(S(C)(=O)=O)cc1. The van der Waals surface area contributed by atoms with Crippen LogP contribution in [0.2, 0.25) is 0 Å². The minimum absolute atomic E-state index is 0.367. The fourth-order valence-electron chi connectivity index (χ4n) is 1.43. The van der Waals surface area contributed by atoms with E-state index >= 15 is 0 Å². The molecule has 0 unspecified atom stereocenters. The standard InChI is InChI=1S/C12H19NO2S/c1-3-4-5-10-13-11-6-8-12(9-7-11)16(2,14)15/h6-9,13H,3-5,10H2,1-2H3. The van der Waals surface area contributed by atoms with Gasteiger partial charge in [-0.2, -0.15) is 0 Å². The van der Waals surface area contributed by atoms with Gasteiger partial charge < -0.3 is 5.32 Å². The molecule has 0 aliphatic carbocycles. The minimum Gasteiger partial charge on any atom is -0.385 e. The van der Waals surface area contributed by atoms with Crippen LogP contribution in [-0.4, -0.2) is 21.2 Å². The highest BCUT2D eigenvalue weighted by molar-refractivity contribution is 7.90. The molecule has 0 aromatic heterocycles. The number of benzene rings is 1. The lowest BCUT2D eigenvalue weighted by Gasteiger charge is -2.06. The Morgan fingerprint density at radius 2 is 1.75 bits per heavy atom. The van der Waals surface area contributed by atoms with Crippen molar-refractivity contribution < 1.29 is 8.42 Å². The maximum absolute atomic E-state index is 11.2. The Kier molecular flexibility index (Phi) is 4.80. The first kappa shape index (κ1) is 13.0. The molecule has 1 aromatic rings. The van der Waals surface area contributed by atoms with Crippen LogP contribution in [-0.2, 0) is 9.84 Å². The average Bonchev–Trinajstić information content (AvgIpc) is 2.24. The van der Waals surface area contributed by atoms with Crippen LogP contribution in [0.5, 0.6) is 0 Å². The van der Waals surface area contributed by atoms with Gasteiger partial charge in [-0.15, -0.1) is 0 Å². The van der Waals surface area contributed by atoms with Crippen LogP contribution in [0.25, 0.3) is 0 Å². The first-order chi connectivity index (χ1) is 7.54. The molecular weight excluding hydrogens is 222 g/mol. The summed E-state index contributed by atoms with van der Waals surface area (Å²) in [5.74, 6) is 0. The summed E-state index contributed by atoms with van der Waals surface area (Å²) < 4.78 is 22.4. The zero-order valence-corrected chi connectivity index (χ0v) is 10.7. The lowest BCUT2D eigenvalue weighted by Crippen LogP contribution is -2.02. The molecule has 0 aliphatic rings. The second-order valence-electron chi connectivity index (χ2n) is 3.93. The lowest BCUT2D eigenvalue weighted by atomic mass is 10.2. The largest absolute Gasteiger partial charge is 0.385 e. The summed E-state index contributed by atoms with van der Waals surface area (Å²) in [5.41, 5.74) is 0.975. The van der Waals surface area contributed by atoms with Crippen LogP contribution >= 0.6 is 0 Å². The highest BCUT2D eigenvalue weighted by Crippen LogP contribution is 2.13. The maximum atomic E-state index is 11.2. The molecule has 0 saturated carbocycles. The molecule has 1 aromatic carbocycles. The summed E-state index contributed by atoms with van der Waals surface area (Å²) in [6.07, 6.45) is 4.78. The van der Waals surface area contributed by atoms with E-state index in [1.54, 1.807) is 12.1 Å². The van der Waals surface area contributed by atoms with E-state index in [0.717, 1.165) is 18.7 Å². The fourth-order valence-corrected chi connectivity index (χ4v) is 2.06. The predicted molar refractivity (Wildman–Crippen MR) is 67.6 cm³/mol. The minimum atomic E-state index is -3.08. The molecule has 0 saturated heterocycles. The predicted octanol–water partition coefficient (Wildman–Crippen LogP) is 2.69. The smallest absolute Gasteiger partial charge is 0.175 e. The summed E-state index contributed by atoms with van der Waals surface area (Å²) in [6.45, 7) is 3.10. The third-order valence-electron chi connectivity index (χ3n) is 2.39. The van der Waals surface area contributed by atoms with Crippen molar-refractivity contribution in [2.75, 3.05) is 18.1 Å². The van der Waals surface area contributed by atoms with Crippen LogP contribution in [0.3, 0.4) is 0 Å². The molecule has 0 radical (unpaired) electrons. The molecule has 3 nitrogen and oxygen atoms in total. The van der Waals surface area contributed by atoms with Gasteiger partial charge in [-0.05, 0) is 30.7 Å². The van der Waals surface area contributed by atoms with Gasteiger partial charge in [-0.3, -0.25) is 0 Å². The van der Waals surface area contributed by atoms with Gasteiger partial charge in [0.1, 0.15) is 0 Å².